The number of hydrogen-bond acceptors (Lipinski definition) is 5. The van der Waals surface area contributed by atoms with Crippen molar-refractivity contribution in [1.29, 1.82) is 0 Å². The quantitative estimate of drug-likeness (QED) is 0.844. The first-order valence-electron chi connectivity index (χ1n) is 7.54. The minimum absolute atomic E-state index is 0.0757. The van der Waals surface area contributed by atoms with Gasteiger partial charge in [-0.05, 0) is 32.1 Å². The highest BCUT2D eigenvalue weighted by Gasteiger charge is 2.36. The molecule has 2 fully saturated rings. The number of amides is 1. The van der Waals surface area contributed by atoms with E-state index >= 15 is 0 Å². The zero-order valence-corrected chi connectivity index (χ0v) is 11.9. The summed E-state index contributed by atoms with van der Waals surface area (Å²) < 4.78 is 10.9. The van der Waals surface area contributed by atoms with Gasteiger partial charge in [0.05, 0.1) is 0 Å². The molecule has 2 saturated heterocycles. The van der Waals surface area contributed by atoms with Crippen LogP contribution in [0.1, 0.15) is 56.8 Å². The first-order valence-corrected chi connectivity index (χ1v) is 7.54. The lowest BCUT2D eigenvalue weighted by molar-refractivity contribution is -0.145. The monoisotopic (exact) mass is 279 g/mol. The molecule has 2 atom stereocenters. The Kier molecular flexibility index (Phi) is 4.00. The van der Waals surface area contributed by atoms with E-state index in [1.165, 1.54) is 0 Å². The second-order valence-electron chi connectivity index (χ2n) is 5.45. The second kappa shape index (κ2) is 5.91. The SMILES string of the molecule is CCc1noc([C@@H]2CCCCN2C(=O)[C@@H]2CCCO2)n1. The van der Waals surface area contributed by atoms with E-state index in [9.17, 15) is 4.79 Å². The Morgan fingerprint density at radius 3 is 2.95 bits per heavy atom. The van der Waals surface area contributed by atoms with Gasteiger partial charge < -0.3 is 14.2 Å². The first-order chi connectivity index (χ1) is 9.79. The minimum Gasteiger partial charge on any atom is -0.368 e. The Bertz CT molecular complexity index is 468. The molecule has 6 nitrogen and oxygen atoms in total. The van der Waals surface area contributed by atoms with E-state index in [4.69, 9.17) is 9.26 Å². The van der Waals surface area contributed by atoms with Gasteiger partial charge in [0.15, 0.2) is 5.82 Å². The number of ether oxygens (including phenoxy) is 1. The number of aryl methyl sites for hydroxylation is 1. The number of nitrogens with zero attached hydrogens (tertiary/aromatic N) is 3. The summed E-state index contributed by atoms with van der Waals surface area (Å²) in [4.78, 5) is 18.9. The third-order valence-electron chi connectivity index (χ3n) is 4.08. The fourth-order valence-electron chi connectivity index (χ4n) is 2.96. The lowest BCUT2D eigenvalue weighted by atomic mass is 10.0. The molecule has 0 aromatic carbocycles. The maximum atomic E-state index is 12.6. The van der Waals surface area contributed by atoms with Crippen molar-refractivity contribution in [2.24, 2.45) is 0 Å². The molecule has 0 N–H and O–H groups in total. The smallest absolute Gasteiger partial charge is 0.252 e. The van der Waals surface area contributed by atoms with Crippen molar-refractivity contribution in [1.82, 2.24) is 15.0 Å². The normalized spacial score (nSPS) is 26.9. The first kappa shape index (κ1) is 13.5. The van der Waals surface area contributed by atoms with Crippen LogP contribution in [0.15, 0.2) is 4.52 Å². The van der Waals surface area contributed by atoms with Gasteiger partial charge in [-0.25, -0.2) is 0 Å². The van der Waals surface area contributed by atoms with Gasteiger partial charge in [0.25, 0.3) is 5.91 Å². The third-order valence-corrected chi connectivity index (χ3v) is 4.08. The number of rotatable bonds is 3. The van der Waals surface area contributed by atoms with Gasteiger partial charge in [0, 0.05) is 19.6 Å². The molecule has 1 aromatic heterocycles. The molecule has 6 heteroatoms. The Morgan fingerprint density at radius 2 is 2.25 bits per heavy atom. The van der Waals surface area contributed by atoms with E-state index < -0.39 is 0 Å². The van der Waals surface area contributed by atoms with E-state index in [-0.39, 0.29) is 18.1 Å². The van der Waals surface area contributed by atoms with Gasteiger partial charge in [0.2, 0.25) is 5.89 Å². The van der Waals surface area contributed by atoms with Crippen LogP contribution in [-0.2, 0) is 16.0 Å². The molecule has 1 aromatic rings. The van der Waals surface area contributed by atoms with Gasteiger partial charge in [-0.1, -0.05) is 12.1 Å². The van der Waals surface area contributed by atoms with Gasteiger partial charge >= 0.3 is 0 Å². The molecule has 2 aliphatic heterocycles. The fourth-order valence-corrected chi connectivity index (χ4v) is 2.96. The molecular formula is C14H21N3O3. The van der Waals surface area contributed by atoms with E-state index in [2.05, 4.69) is 10.1 Å². The molecule has 0 unspecified atom stereocenters. The van der Waals surface area contributed by atoms with Crippen molar-refractivity contribution in [2.75, 3.05) is 13.2 Å². The summed E-state index contributed by atoms with van der Waals surface area (Å²) in [6.07, 6.45) is 5.28. The standard InChI is InChI=1S/C14H21N3O3/c1-2-12-15-13(20-16-12)10-6-3-4-8-17(10)14(18)11-7-5-9-19-11/h10-11H,2-9H2,1H3/t10-,11-/m0/s1. The zero-order chi connectivity index (χ0) is 13.9. The minimum atomic E-state index is -0.274. The molecule has 110 valence electrons. The van der Waals surface area contributed by atoms with Crippen molar-refractivity contribution in [3.8, 4) is 0 Å². The lowest BCUT2D eigenvalue weighted by Gasteiger charge is -2.34. The molecule has 1 amide bonds. The molecule has 2 aliphatic rings. The van der Waals surface area contributed by atoms with Crippen LogP contribution in [0, 0.1) is 0 Å². The van der Waals surface area contributed by atoms with E-state index in [0.717, 1.165) is 45.1 Å². The van der Waals surface area contributed by atoms with Crippen LogP contribution in [0.25, 0.3) is 0 Å². The maximum absolute atomic E-state index is 12.6. The highest BCUT2D eigenvalue weighted by atomic mass is 16.5. The summed E-state index contributed by atoms with van der Waals surface area (Å²) in [5, 5.41) is 3.95. The van der Waals surface area contributed by atoms with Crippen LogP contribution in [0.4, 0.5) is 0 Å². The summed E-state index contributed by atoms with van der Waals surface area (Å²) >= 11 is 0. The van der Waals surface area contributed by atoms with Crippen molar-refractivity contribution in [3.63, 3.8) is 0 Å². The van der Waals surface area contributed by atoms with Crippen LogP contribution in [-0.4, -0.2) is 40.2 Å². The van der Waals surface area contributed by atoms with E-state index in [0.29, 0.717) is 18.3 Å². The summed E-state index contributed by atoms with van der Waals surface area (Å²) in [6.45, 7) is 3.44. The van der Waals surface area contributed by atoms with Crippen LogP contribution >= 0.6 is 0 Å². The largest absolute Gasteiger partial charge is 0.368 e. The van der Waals surface area contributed by atoms with Crippen LogP contribution < -0.4 is 0 Å². The Hall–Kier alpha value is -1.43. The van der Waals surface area contributed by atoms with Crippen LogP contribution in [0.3, 0.4) is 0 Å². The van der Waals surface area contributed by atoms with Crippen molar-refractivity contribution in [3.05, 3.63) is 11.7 Å². The molecule has 0 radical (unpaired) electrons. The number of aromatic nitrogens is 2. The summed E-state index contributed by atoms with van der Waals surface area (Å²) in [5.74, 6) is 1.37. The molecule has 0 aliphatic carbocycles. The van der Waals surface area contributed by atoms with Crippen LogP contribution in [0.5, 0.6) is 0 Å². The summed E-state index contributed by atoms with van der Waals surface area (Å²) in [5.41, 5.74) is 0. The number of carbonyl (C=O) groups excluding carboxylic acids is 1. The molecule has 0 bridgehead atoms. The van der Waals surface area contributed by atoms with Gasteiger partial charge in [-0.3, -0.25) is 4.79 Å². The molecule has 0 spiro atoms. The number of hydrogen-bond donors (Lipinski definition) is 0. The molecule has 20 heavy (non-hydrogen) atoms. The average molecular weight is 279 g/mol. The molecule has 0 saturated carbocycles. The predicted octanol–water partition coefficient (Wildman–Crippen LogP) is 1.86. The van der Waals surface area contributed by atoms with Gasteiger partial charge in [-0.15, -0.1) is 0 Å². The average Bonchev–Trinajstić information content (AvgIpc) is 3.17. The Balaban J connectivity index is 1.77. The third kappa shape index (κ3) is 2.57. The summed E-state index contributed by atoms with van der Waals surface area (Å²) in [6, 6.07) is -0.0757. The molecule has 3 heterocycles. The maximum Gasteiger partial charge on any atom is 0.252 e. The van der Waals surface area contributed by atoms with Crippen molar-refractivity contribution in [2.45, 2.75) is 57.6 Å². The van der Waals surface area contributed by atoms with Crippen LogP contribution in [0.2, 0.25) is 0 Å². The number of piperidine rings is 1. The fraction of sp³-hybridized carbons (Fsp3) is 0.786. The second-order valence-corrected chi connectivity index (χ2v) is 5.45. The van der Waals surface area contributed by atoms with Gasteiger partial charge in [0.1, 0.15) is 12.1 Å². The molecule has 3 rings (SSSR count). The van der Waals surface area contributed by atoms with Gasteiger partial charge in [-0.2, -0.15) is 4.98 Å². The van der Waals surface area contributed by atoms with Crippen molar-refractivity contribution < 1.29 is 14.1 Å². The van der Waals surface area contributed by atoms with E-state index in [1.807, 2.05) is 11.8 Å². The Labute approximate surface area is 118 Å². The number of likely N-dealkylation sites (tertiary alicyclic amines) is 1. The van der Waals surface area contributed by atoms with E-state index in [1.54, 1.807) is 0 Å². The van der Waals surface area contributed by atoms with Crippen molar-refractivity contribution >= 4 is 5.91 Å². The lowest BCUT2D eigenvalue weighted by Crippen LogP contribution is -2.44. The highest BCUT2D eigenvalue weighted by molar-refractivity contribution is 5.81. The summed E-state index contributed by atoms with van der Waals surface area (Å²) in [7, 11) is 0. The Morgan fingerprint density at radius 1 is 1.35 bits per heavy atom. The predicted molar refractivity (Wildman–Crippen MR) is 71.0 cm³/mol. The topological polar surface area (TPSA) is 68.5 Å². The highest BCUT2D eigenvalue weighted by Crippen LogP contribution is 2.31. The molecular weight excluding hydrogens is 258 g/mol. The zero-order valence-electron chi connectivity index (χ0n) is 11.9. The number of carbonyl (C=O) groups is 1.